The van der Waals surface area contributed by atoms with E-state index >= 15 is 0 Å². The fourth-order valence-electron chi connectivity index (χ4n) is 1.83. The second-order valence-electron chi connectivity index (χ2n) is 4.24. The van der Waals surface area contributed by atoms with Crippen molar-refractivity contribution in [3.8, 4) is 11.5 Å². The number of rotatable bonds is 4. The van der Waals surface area contributed by atoms with E-state index in [1.807, 2.05) is 12.1 Å². The molecule has 0 radical (unpaired) electrons. The average Bonchev–Trinajstić information content (AvgIpc) is 2.49. The van der Waals surface area contributed by atoms with E-state index in [0.717, 1.165) is 0 Å². The number of carbonyl (C=O) groups excluding carboxylic acids is 1. The summed E-state index contributed by atoms with van der Waals surface area (Å²) in [6, 6.07) is 11.7. The number of hydrogen-bond donors (Lipinski definition) is 3. The standard InChI is InChI=1S/C15H17N3O3/c1-20-13-6-4-3-5-11(13)17-15(19)18-12-8-7-10(16)9-14(12)21-2/h3-9H,16H2,1-2H3,(H2,17,18,19). The van der Waals surface area contributed by atoms with Crippen molar-refractivity contribution in [2.75, 3.05) is 30.6 Å². The Labute approximate surface area is 122 Å². The van der Waals surface area contributed by atoms with Gasteiger partial charge in [-0.15, -0.1) is 0 Å². The van der Waals surface area contributed by atoms with Gasteiger partial charge in [-0.2, -0.15) is 0 Å². The highest BCUT2D eigenvalue weighted by atomic mass is 16.5. The molecule has 0 bridgehead atoms. The predicted octanol–water partition coefficient (Wildman–Crippen LogP) is 2.93. The maximum atomic E-state index is 12.0. The lowest BCUT2D eigenvalue weighted by atomic mass is 10.2. The maximum Gasteiger partial charge on any atom is 0.323 e. The van der Waals surface area contributed by atoms with Crippen LogP contribution in [0.1, 0.15) is 0 Å². The molecule has 0 spiro atoms. The predicted molar refractivity (Wildman–Crippen MR) is 83.0 cm³/mol. The summed E-state index contributed by atoms with van der Waals surface area (Å²) < 4.78 is 10.3. The summed E-state index contributed by atoms with van der Waals surface area (Å²) in [5.74, 6) is 1.07. The number of benzene rings is 2. The van der Waals surface area contributed by atoms with Gasteiger partial charge in [-0.3, -0.25) is 0 Å². The van der Waals surface area contributed by atoms with Crippen LogP contribution in [0.2, 0.25) is 0 Å². The van der Waals surface area contributed by atoms with Gasteiger partial charge in [-0.05, 0) is 24.3 Å². The molecule has 0 saturated heterocycles. The summed E-state index contributed by atoms with van der Waals surface area (Å²) in [6.45, 7) is 0. The second-order valence-corrected chi connectivity index (χ2v) is 4.24. The third-order valence-corrected chi connectivity index (χ3v) is 2.83. The Kier molecular flexibility index (Phi) is 4.50. The largest absolute Gasteiger partial charge is 0.495 e. The van der Waals surface area contributed by atoms with Crippen LogP contribution in [-0.2, 0) is 0 Å². The molecule has 2 aromatic carbocycles. The van der Waals surface area contributed by atoms with Crippen molar-refractivity contribution < 1.29 is 14.3 Å². The van der Waals surface area contributed by atoms with E-state index in [4.69, 9.17) is 15.2 Å². The normalized spacial score (nSPS) is 9.81. The first-order chi connectivity index (χ1) is 10.1. The molecule has 0 aliphatic carbocycles. The summed E-state index contributed by atoms with van der Waals surface area (Å²) in [4.78, 5) is 12.0. The summed E-state index contributed by atoms with van der Waals surface area (Å²) in [6.07, 6.45) is 0. The lowest BCUT2D eigenvalue weighted by Gasteiger charge is -2.13. The molecule has 2 aromatic rings. The number of ether oxygens (including phenoxy) is 2. The molecule has 0 aromatic heterocycles. The van der Waals surface area contributed by atoms with Crippen LogP contribution in [0.15, 0.2) is 42.5 Å². The van der Waals surface area contributed by atoms with Gasteiger partial charge in [0.05, 0.1) is 25.6 Å². The quantitative estimate of drug-likeness (QED) is 0.755. The Bertz CT molecular complexity index is 644. The number of anilines is 3. The number of nitrogens with two attached hydrogens (primary N) is 1. The number of nitrogens with one attached hydrogen (secondary N) is 2. The van der Waals surface area contributed by atoms with Crippen LogP contribution >= 0.6 is 0 Å². The van der Waals surface area contributed by atoms with Crippen LogP contribution in [-0.4, -0.2) is 20.3 Å². The molecule has 0 aliphatic rings. The number of hydrogen-bond acceptors (Lipinski definition) is 4. The van der Waals surface area contributed by atoms with Gasteiger partial charge in [0.2, 0.25) is 0 Å². The minimum Gasteiger partial charge on any atom is -0.495 e. The van der Waals surface area contributed by atoms with Crippen LogP contribution in [0.3, 0.4) is 0 Å². The fraction of sp³-hybridized carbons (Fsp3) is 0.133. The molecular weight excluding hydrogens is 270 g/mol. The van der Waals surface area contributed by atoms with Crippen molar-refractivity contribution in [2.24, 2.45) is 0 Å². The van der Waals surface area contributed by atoms with E-state index < -0.39 is 6.03 Å². The number of carbonyl (C=O) groups is 1. The Balaban J connectivity index is 2.12. The van der Waals surface area contributed by atoms with Crippen LogP contribution in [0.25, 0.3) is 0 Å². The minimum absolute atomic E-state index is 0.400. The molecule has 0 atom stereocenters. The van der Waals surface area contributed by atoms with Crippen molar-refractivity contribution >= 4 is 23.1 Å². The first-order valence-corrected chi connectivity index (χ1v) is 6.28. The summed E-state index contributed by atoms with van der Waals surface area (Å²) >= 11 is 0. The molecule has 4 N–H and O–H groups in total. The number of urea groups is 1. The third kappa shape index (κ3) is 3.56. The lowest BCUT2D eigenvalue weighted by Crippen LogP contribution is -2.20. The fourth-order valence-corrected chi connectivity index (χ4v) is 1.83. The first kappa shape index (κ1) is 14.5. The molecule has 0 saturated carbocycles. The van der Waals surface area contributed by atoms with E-state index in [1.54, 1.807) is 37.4 Å². The molecule has 0 unspecified atom stereocenters. The van der Waals surface area contributed by atoms with Crippen molar-refractivity contribution in [1.29, 1.82) is 0 Å². The van der Waals surface area contributed by atoms with Crippen LogP contribution in [0.5, 0.6) is 11.5 Å². The molecule has 0 heterocycles. The highest BCUT2D eigenvalue weighted by Crippen LogP contribution is 2.27. The molecule has 6 heteroatoms. The zero-order chi connectivity index (χ0) is 15.2. The molecule has 6 nitrogen and oxygen atoms in total. The van der Waals surface area contributed by atoms with Crippen molar-refractivity contribution in [1.82, 2.24) is 0 Å². The van der Waals surface area contributed by atoms with E-state index in [2.05, 4.69) is 10.6 Å². The monoisotopic (exact) mass is 287 g/mol. The van der Waals surface area contributed by atoms with Crippen molar-refractivity contribution in [3.05, 3.63) is 42.5 Å². The Morgan fingerprint density at radius 2 is 1.57 bits per heavy atom. The third-order valence-electron chi connectivity index (χ3n) is 2.83. The van der Waals surface area contributed by atoms with E-state index in [-0.39, 0.29) is 0 Å². The Morgan fingerprint density at radius 3 is 2.24 bits per heavy atom. The van der Waals surface area contributed by atoms with Gasteiger partial charge in [-0.1, -0.05) is 12.1 Å². The zero-order valence-electron chi connectivity index (χ0n) is 11.8. The molecule has 21 heavy (non-hydrogen) atoms. The maximum absolute atomic E-state index is 12.0. The SMILES string of the molecule is COc1ccccc1NC(=O)Nc1ccc(N)cc1OC. The van der Waals surface area contributed by atoms with Gasteiger partial charge < -0.3 is 25.8 Å². The van der Waals surface area contributed by atoms with Crippen LogP contribution in [0.4, 0.5) is 21.9 Å². The summed E-state index contributed by atoms with van der Waals surface area (Å²) in [5, 5.41) is 5.42. The van der Waals surface area contributed by atoms with Crippen LogP contribution in [0, 0.1) is 0 Å². The molecule has 0 aliphatic heterocycles. The highest BCUT2D eigenvalue weighted by molar-refractivity contribution is 6.01. The number of nitrogen functional groups attached to an aromatic ring is 1. The molecule has 2 rings (SSSR count). The van der Waals surface area contributed by atoms with Crippen molar-refractivity contribution in [2.45, 2.75) is 0 Å². The lowest BCUT2D eigenvalue weighted by molar-refractivity contribution is 0.262. The smallest absolute Gasteiger partial charge is 0.323 e. The van der Waals surface area contributed by atoms with E-state index in [9.17, 15) is 4.79 Å². The molecule has 0 fully saturated rings. The number of methoxy groups -OCH3 is 2. The minimum atomic E-state index is -0.400. The summed E-state index contributed by atoms with van der Waals surface area (Å²) in [7, 11) is 3.06. The average molecular weight is 287 g/mol. The van der Waals surface area contributed by atoms with Gasteiger partial charge in [0.25, 0.3) is 0 Å². The molecular formula is C15H17N3O3. The van der Waals surface area contributed by atoms with Crippen molar-refractivity contribution in [3.63, 3.8) is 0 Å². The van der Waals surface area contributed by atoms with Gasteiger partial charge in [0.1, 0.15) is 11.5 Å². The zero-order valence-corrected chi connectivity index (χ0v) is 11.8. The van der Waals surface area contributed by atoms with Crippen LogP contribution < -0.4 is 25.8 Å². The van der Waals surface area contributed by atoms with Gasteiger partial charge >= 0.3 is 6.03 Å². The van der Waals surface area contributed by atoms with Gasteiger partial charge in [-0.25, -0.2) is 4.79 Å². The summed E-state index contributed by atoms with van der Waals surface area (Å²) in [5.41, 5.74) is 7.33. The van der Waals surface area contributed by atoms with E-state index in [1.165, 1.54) is 7.11 Å². The Hall–Kier alpha value is -2.89. The highest BCUT2D eigenvalue weighted by Gasteiger charge is 2.10. The van der Waals surface area contributed by atoms with Gasteiger partial charge in [0, 0.05) is 11.8 Å². The number of para-hydroxylation sites is 2. The first-order valence-electron chi connectivity index (χ1n) is 6.28. The number of amides is 2. The Morgan fingerprint density at radius 1 is 0.952 bits per heavy atom. The van der Waals surface area contributed by atoms with Gasteiger partial charge in [0.15, 0.2) is 0 Å². The molecule has 2 amide bonds. The second kappa shape index (κ2) is 6.51. The topological polar surface area (TPSA) is 85.6 Å². The molecule has 110 valence electrons. The van der Waals surface area contributed by atoms with E-state index in [0.29, 0.717) is 28.6 Å².